The third-order valence-electron chi connectivity index (χ3n) is 4.91. The molecule has 1 amide bonds. The predicted molar refractivity (Wildman–Crippen MR) is 93.0 cm³/mol. The number of hydrogen-bond acceptors (Lipinski definition) is 5. The van der Waals surface area contributed by atoms with Gasteiger partial charge in [-0.25, -0.2) is 0 Å². The molecule has 2 aliphatic rings. The van der Waals surface area contributed by atoms with Crippen LogP contribution in [-0.4, -0.2) is 34.0 Å². The standard InChI is InChI=1S/C19H24N4O2/c24-18(19-21-17(22-25-19)16-8-9-16)20-12-14-4-6-15(7-5-14)13-23-10-2-1-3-11-23/h4-7,16H,1-3,8-13H2,(H,20,24). The molecule has 6 heteroatoms. The van der Waals surface area contributed by atoms with Crippen LogP contribution in [0.25, 0.3) is 0 Å². The van der Waals surface area contributed by atoms with Crippen molar-refractivity contribution in [2.75, 3.05) is 13.1 Å². The number of aromatic nitrogens is 2. The van der Waals surface area contributed by atoms with Gasteiger partial charge in [0.25, 0.3) is 0 Å². The van der Waals surface area contributed by atoms with E-state index in [1.165, 1.54) is 37.9 Å². The highest BCUT2D eigenvalue weighted by atomic mass is 16.5. The molecule has 1 aliphatic heterocycles. The molecule has 6 nitrogen and oxygen atoms in total. The van der Waals surface area contributed by atoms with Gasteiger partial charge >= 0.3 is 11.8 Å². The number of carbonyl (C=O) groups is 1. The molecule has 1 aromatic heterocycles. The normalized spacial score (nSPS) is 18.2. The molecule has 2 heterocycles. The van der Waals surface area contributed by atoms with Gasteiger partial charge in [0.05, 0.1) is 0 Å². The lowest BCUT2D eigenvalue weighted by Crippen LogP contribution is -2.29. The fourth-order valence-electron chi connectivity index (χ4n) is 3.23. The van der Waals surface area contributed by atoms with Crippen molar-refractivity contribution in [2.45, 2.75) is 51.1 Å². The van der Waals surface area contributed by atoms with Crippen molar-refractivity contribution in [1.29, 1.82) is 0 Å². The highest BCUT2D eigenvalue weighted by Crippen LogP contribution is 2.38. The van der Waals surface area contributed by atoms with Crippen LogP contribution in [0.1, 0.15) is 65.7 Å². The van der Waals surface area contributed by atoms with Crippen molar-refractivity contribution < 1.29 is 9.32 Å². The number of piperidine rings is 1. The van der Waals surface area contributed by atoms with E-state index in [2.05, 4.69) is 44.6 Å². The molecule has 2 aromatic rings. The molecule has 4 rings (SSSR count). The maximum atomic E-state index is 12.1. The van der Waals surface area contributed by atoms with Crippen LogP contribution in [0.4, 0.5) is 0 Å². The lowest BCUT2D eigenvalue weighted by Gasteiger charge is -2.26. The minimum absolute atomic E-state index is 0.0589. The Bertz CT molecular complexity index is 715. The molecule has 25 heavy (non-hydrogen) atoms. The highest BCUT2D eigenvalue weighted by Gasteiger charge is 2.29. The molecule has 0 unspecified atom stereocenters. The van der Waals surface area contributed by atoms with Crippen LogP contribution in [0, 0.1) is 0 Å². The molecule has 0 atom stereocenters. The van der Waals surface area contributed by atoms with Crippen LogP contribution in [-0.2, 0) is 13.1 Å². The molecule has 1 saturated carbocycles. The fourth-order valence-corrected chi connectivity index (χ4v) is 3.23. The average Bonchev–Trinajstić information content (AvgIpc) is 3.38. The summed E-state index contributed by atoms with van der Waals surface area (Å²) in [6.07, 6.45) is 6.15. The molecular formula is C19H24N4O2. The lowest BCUT2D eigenvalue weighted by atomic mass is 10.1. The van der Waals surface area contributed by atoms with Crippen LogP contribution in [0.2, 0.25) is 0 Å². The van der Waals surface area contributed by atoms with E-state index in [9.17, 15) is 4.79 Å². The van der Waals surface area contributed by atoms with Crippen LogP contribution in [0.15, 0.2) is 28.8 Å². The predicted octanol–water partition coefficient (Wildman–Crippen LogP) is 2.86. The summed E-state index contributed by atoms with van der Waals surface area (Å²) in [7, 11) is 0. The zero-order valence-corrected chi connectivity index (χ0v) is 14.4. The van der Waals surface area contributed by atoms with Crippen LogP contribution >= 0.6 is 0 Å². The highest BCUT2D eigenvalue weighted by molar-refractivity contribution is 5.89. The van der Waals surface area contributed by atoms with Crippen LogP contribution in [0.3, 0.4) is 0 Å². The summed E-state index contributed by atoms with van der Waals surface area (Å²) in [6, 6.07) is 8.44. The number of rotatable bonds is 6. The maximum absolute atomic E-state index is 12.1. The summed E-state index contributed by atoms with van der Waals surface area (Å²) >= 11 is 0. The molecule has 132 valence electrons. The van der Waals surface area contributed by atoms with E-state index in [1.54, 1.807) is 0 Å². The van der Waals surface area contributed by atoms with Gasteiger partial charge in [0.2, 0.25) is 0 Å². The van der Waals surface area contributed by atoms with Crippen molar-refractivity contribution in [3.05, 3.63) is 47.1 Å². The number of likely N-dealkylation sites (tertiary alicyclic amines) is 1. The van der Waals surface area contributed by atoms with Crippen molar-refractivity contribution in [2.24, 2.45) is 0 Å². The second-order valence-electron chi connectivity index (χ2n) is 7.07. The molecule has 1 aromatic carbocycles. The third-order valence-corrected chi connectivity index (χ3v) is 4.91. The molecule has 1 saturated heterocycles. The Morgan fingerprint density at radius 2 is 1.84 bits per heavy atom. The second-order valence-corrected chi connectivity index (χ2v) is 7.07. The van der Waals surface area contributed by atoms with Crippen molar-refractivity contribution in [1.82, 2.24) is 20.4 Å². The topological polar surface area (TPSA) is 71.3 Å². The molecule has 0 spiro atoms. The number of benzene rings is 1. The zero-order valence-electron chi connectivity index (χ0n) is 14.4. The number of carbonyl (C=O) groups excluding carboxylic acids is 1. The number of nitrogens with zero attached hydrogens (tertiary/aromatic N) is 3. The molecule has 1 aliphatic carbocycles. The second kappa shape index (κ2) is 7.35. The van der Waals surface area contributed by atoms with Crippen LogP contribution in [0.5, 0.6) is 0 Å². The minimum Gasteiger partial charge on any atom is -0.344 e. The van der Waals surface area contributed by atoms with E-state index in [0.717, 1.165) is 24.9 Å². The first-order valence-corrected chi connectivity index (χ1v) is 9.20. The number of nitrogens with one attached hydrogen (secondary N) is 1. The van der Waals surface area contributed by atoms with Crippen molar-refractivity contribution in [3.8, 4) is 0 Å². The minimum atomic E-state index is -0.309. The Hall–Kier alpha value is -2.21. The zero-order chi connectivity index (χ0) is 17.1. The lowest BCUT2D eigenvalue weighted by molar-refractivity contribution is 0.0907. The van der Waals surface area contributed by atoms with Crippen LogP contribution < -0.4 is 5.32 Å². The Balaban J connectivity index is 1.27. The van der Waals surface area contributed by atoms with E-state index in [0.29, 0.717) is 18.3 Å². The molecule has 0 bridgehead atoms. The van der Waals surface area contributed by atoms with Crippen molar-refractivity contribution >= 4 is 5.91 Å². The van der Waals surface area contributed by atoms with E-state index in [4.69, 9.17) is 4.52 Å². The smallest absolute Gasteiger partial charge is 0.315 e. The molecule has 1 N–H and O–H groups in total. The first kappa shape index (κ1) is 16.3. The van der Waals surface area contributed by atoms with Crippen molar-refractivity contribution in [3.63, 3.8) is 0 Å². The summed E-state index contributed by atoms with van der Waals surface area (Å²) in [5, 5.41) is 6.71. The Morgan fingerprint density at radius 3 is 2.56 bits per heavy atom. The van der Waals surface area contributed by atoms with Gasteiger partial charge in [-0.15, -0.1) is 0 Å². The summed E-state index contributed by atoms with van der Waals surface area (Å²) in [5.74, 6) is 0.797. The Labute approximate surface area is 147 Å². The summed E-state index contributed by atoms with van der Waals surface area (Å²) in [4.78, 5) is 18.8. The summed E-state index contributed by atoms with van der Waals surface area (Å²) in [5.41, 5.74) is 2.39. The summed E-state index contributed by atoms with van der Waals surface area (Å²) in [6.45, 7) is 3.87. The Morgan fingerprint density at radius 1 is 1.12 bits per heavy atom. The molecular weight excluding hydrogens is 316 g/mol. The van der Waals surface area contributed by atoms with Gasteiger partial charge in [-0.3, -0.25) is 9.69 Å². The number of hydrogen-bond donors (Lipinski definition) is 1. The quantitative estimate of drug-likeness (QED) is 0.875. The van der Waals surface area contributed by atoms with Gasteiger partial charge in [0, 0.05) is 19.0 Å². The van der Waals surface area contributed by atoms with E-state index in [1.807, 2.05) is 0 Å². The van der Waals surface area contributed by atoms with Gasteiger partial charge < -0.3 is 9.84 Å². The van der Waals surface area contributed by atoms with Gasteiger partial charge in [-0.2, -0.15) is 4.98 Å². The first-order valence-electron chi connectivity index (χ1n) is 9.20. The maximum Gasteiger partial charge on any atom is 0.315 e. The van der Waals surface area contributed by atoms with Gasteiger partial charge in [-0.05, 0) is 49.9 Å². The van der Waals surface area contributed by atoms with Gasteiger partial charge in [0.15, 0.2) is 5.82 Å². The van der Waals surface area contributed by atoms with E-state index < -0.39 is 0 Å². The largest absolute Gasteiger partial charge is 0.344 e. The average molecular weight is 340 g/mol. The van der Waals surface area contributed by atoms with Gasteiger partial charge in [-0.1, -0.05) is 35.8 Å². The summed E-state index contributed by atoms with van der Waals surface area (Å²) < 4.78 is 5.04. The molecule has 0 radical (unpaired) electrons. The SMILES string of the molecule is O=C(NCc1ccc(CN2CCCCC2)cc1)c1nc(C2CC2)no1. The Kier molecular flexibility index (Phi) is 4.78. The van der Waals surface area contributed by atoms with E-state index in [-0.39, 0.29) is 11.8 Å². The fraction of sp³-hybridized carbons (Fsp3) is 0.526. The van der Waals surface area contributed by atoms with E-state index >= 15 is 0 Å². The number of amides is 1. The first-order chi connectivity index (χ1) is 12.3. The van der Waals surface area contributed by atoms with Gasteiger partial charge in [0.1, 0.15) is 0 Å². The third kappa shape index (κ3) is 4.25. The molecule has 2 fully saturated rings. The monoisotopic (exact) mass is 340 g/mol.